The fraction of sp³-hybridized carbons (Fsp3) is 0.571. The summed E-state index contributed by atoms with van der Waals surface area (Å²) in [5.74, 6) is 0.335. The van der Waals surface area contributed by atoms with Crippen molar-refractivity contribution in [2.75, 3.05) is 5.32 Å². The molecule has 13 heavy (non-hydrogen) atoms. The molecule has 0 spiro atoms. The number of aromatic nitrogens is 2. The second-order valence-corrected chi connectivity index (χ2v) is 3.41. The van der Waals surface area contributed by atoms with Crippen LogP contribution in [-0.4, -0.2) is 21.3 Å². The lowest BCUT2D eigenvalue weighted by atomic mass is 10.2. The quantitative estimate of drug-likeness (QED) is 0.742. The first-order chi connectivity index (χ1) is 6.13. The second-order valence-electron chi connectivity index (χ2n) is 2.65. The molecule has 72 valence electrons. The van der Waals surface area contributed by atoms with Gasteiger partial charge >= 0.3 is 0 Å². The van der Waals surface area contributed by atoms with Gasteiger partial charge in [-0.3, -0.25) is 4.79 Å². The number of anilines is 1. The van der Waals surface area contributed by atoms with E-state index in [1.54, 1.807) is 6.92 Å². The number of nitrogens with zero attached hydrogens (tertiary/aromatic N) is 2. The van der Waals surface area contributed by atoms with Gasteiger partial charge in [0.05, 0.1) is 0 Å². The van der Waals surface area contributed by atoms with Gasteiger partial charge in [0.25, 0.3) is 0 Å². The van der Waals surface area contributed by atoms with E-state index in [1.807, 2.05) is 6.92 Å². The van der Waals surface area contributed by atoms with Crippen LogP contribution < -0.4 is 11.1 Å². The van der Waals surface area contributed by atoms with Gasteiger partial charge in [-0.2, -0.15) is 4.37 Å². The average Bonchev–Trinajstić information content (AvgIpc) is 2.46. The van der Waals surface area contributed by atoms with Gasteiger partial charge in [0.15, 0.2) is 0 Å². The highest BCUT2D eigenvalue weighted by Gasteiger charge is 2.13. The Hall–Kier alpha value is -1.17. The van der Waals surface area contributed by atoms with E-state index in [4.69, 9.17) is 5.73 Å². The molecule has 1 aromatic rings. The Balaban J connectivity index is 2.61. The van der Waals surface area contributed by atoms with Crippen LogP contribution in [0.4, 0.5) is 5.13 Å². The Labute approximate surface area is 80.5 Å². The number of aryl methyl sites for hydroxylation is 1. The predicted octanol–water partition coefficient (Wildman–Crippen LogP) is 0.522. The van der Waals surface area contributed by atoms with E-state index in [2.05, 4.69) is 14.7 Å². The molecule has 0 aliphatic heterocycles. The summed E-state index contributed by atoms with van der Waals surface area (Å²) in [5, 5.41) is 3.56. The van der Waals surface area contributed by atoms with Crippen LogP contribution >= 0.6 is 11.5 Å². The number of primary amides is 1. The maximum Gasteiger partial charge on any atom is 0.239 e. The van der Waals surface area contributed by atoms with Gasteiger partial charge in [-0.05, 0) is 13.3 Å². The molecule has 0 radical (unpaired) electrons. The van der Waals surface area contributed by atoms with E-state index in [0.717, 1.165) is 0 Å². The number of hydrogen-bond acceptors (Lipinski definition) is 5. The monoisotopic (exact) mass is 200 g/mol. The Morgan fingerprint density at radius 2 is 2.46 bits per heavy atom. The van der Waals surface area contributed by atoms with Crippen molar-refractivity contribution in [3.63, 3.8) is 0 Å². The van der Waals surface area contributed by atoms with Crippen LogP contribution in [0.2, 0.25) is 0 Å². The molecular weight excluding hydrogens is 188 g/mol. The van der Waals surface area contributed by atoms with E-state index in [9.17, 15) is 4.79 Å². The minimum Gasteiger partial charge on any atom is -0.368 e. The fourth-order valence-electron chi connectivity index (χ4n) is 0.879. The summed E-state index contributed by atoms with van der Waals surface area (Å²) in [6.07, 6.45) is 0.647. The maximum atomic E-state index is 10.9. The van der Waals surface area contributed by atoms with E-state index in [-0.39, 0.29) is 11.9 Å². The molecule has 3 N–H and O–H groups in total. The molecule has 0 aliphatic rings. The van der Waals surface area contributed by atoms with Crippen molar-refractivity contribution in [3.05, 3.63) is 5.82 Å². The van der Waals surface area contributed by atoms with Crippen molar-refractivity contribution < 1.29 is 4.79 Å². The van der Waals surface area contributed by atoms with E-state index >= 15 is 0 Å². The fourth-order valence-corrected chi connectivity index (χ4v) is 1.51. The van der Waals surface area contributed by atoms with Crippen LogP contribution in [0.25, 0.3) is 0 Å². The van der Waals surface area contributed by atoms with E-state index < -0.39 is 0 Å². The highest BCUT2D eigenvalue weighted by atomic mass is 32.1. The molecule has 0 fully saturated rings. The Morgan fingerprint density at radius 3 is 2.85 bits per heavy atom. The third-order valence-corrected chi connectivity index (χ3v) is 2.31. The van der Waals surface area contributed by atoms with Crippen LogP contribution in [0.1, 0.15) is 19.2 Å². The van der Waals surface area contributed by atoms with E-state index in [0.29, 0.717) is 17.4 Å². The molecular formula is C7H12N4OS. The molecule has 5 nitrogen and oxygen atoms in total. The van der Waals surface area contributed by atoms with Crippen LogP contribution in [0, 0.1) is 6.92 Å². The van der Waals surface area contributed by atoms with Crippen LogP contribution in [0.5, 0.6) is 0 Å². The van der Waals surface area contributed by atoms with Gasteiger partial charge in [-0.15, -0.1) is 0 Å². The molecule has 1 aromatic heterocycles. The number of hydrogen-bond donors (Lipinski definition) is 2. The van der Waals surface area contributed by atoms with Crippen molar-refractivity contribution in [3.8, 4) is 0 Å². The Bertz CT molecular complexity index is 298. The van der Waals surface area contributed by atoms with Crippen molar-refractivity contribution >= 4 is 22.6 Å². The zero-order chi connectivity index (χ0) is 9.84. The second kappa shape index (κ2) is 4.18. The number of nitrogens with one attached hydrogen (secondary N) is 1. The topological polar surface area (TPSA) is 80.9 Å². The zero-order valence-electron chi connectivity index (χ0n) is 7.57. The first-order valence-electron chi connectivity index (χ1n) is 3.99. The molecule has 1 amide bonds. The molecule has 0 saturated carbocycles. The molecule has 1 atom stereocenters. The lowest BCUT2D eigenvalue weighted by Gasteiger charge is -2.10. The van der Waals surface area contributed by atoms with Crippen LogP contribution in [-0.2, 0) is 4.79 Å². The number of rotatable bonds is 4. The molecule has 6 heteroatoms. The predicted molar refractivity (Wildman–Crippen MR) is 51.5 cm³/mol. The summed E-state index contributed by atoms with van der Waals surface area (Å²) in [7, 11) is 0. The summed E-state index contributed by atoms with van der Waals surface area (Å²) in [6, 6.07) is -0.354. The van der Waals surface area contributed by atoms with Gasteiger partial charge in [-0.1, -0.05) is 6.92 Å². The number of carbonyl (C=O) groups excluding carboxylic acids is 1. The summed E-state index contributed by atoms with van der Waals surface area (Å²) < 4.78 is 3.98. The minimum atomic E-state index is -0.365. The lowest BCUT2D eigenvalue weighted by Crippen LogP contribution is -2.34. The zero-order valence-corrected chi connectivity index (χ0v) is 8.39. The smallest absolute Gasteiger partial charge is 0.239 e. The number of amides is 1. The van der Waals surface area contributed by atoms with Gasteiger partial charge in [-0.25, -0.2) is 4.98 Å². The average molecular weight is 200 g/mol. The first-order valence-corrected chi connectivity index (χ1v) is 4.77. The number of carbonyl (C=O) groups is 1. The van der Waals surface area contributed by atoms with Gasteiger partial charge in [0.1, 0.15) is 11.9 Å². The summed E-state index contributed by atoms with van der Waals surface area (Å²) in [6.45, 7) is 3.68. The Morgan fingerprint density at radius 1 is 1.77 bits per heavy atom. The van der Waals surface area contributed by atoms with Gasteiger partial charge < -0.3 is 11.1 Å². The molecule has 0 saturated heterocycles. The lowest BCUT2D eigenvalue weighted by molar-refractivity contribution is -0.118. The summed E-state index contributed by atoms with van der Waals surface area (Å²) >= 11 is 1.23. The normalized spacial score (nSPS) is 12.5. The molecule has 1 heterocycles. The molecule has 1 rings (SSSR count). The molecule has 1 unspecified atom stereocenters. The van der Waals surface area contributed by atoms with E-state index in [1.165, 1.54) is 11.5 Å². The SMILES string of the molecule is CCC(Nc1nc(C)ns1)C(N)=O. The largest absolute Gasteiger partial charge is 0.368 e. The summed E-state index contributed by atoms with van der Waals surface area (Å²) in [5.41, 5.74) is 5.16. The maximum absolute atomic E-state index is 10.9. The van der Waals surface area contributed by atoms with Crippen molar-refractivity contribution in [2.24, 2.45) is 5.73 Å². The Kier molecular flexibility index (Phi) is 3.18. The highest BCUT2D eigenvalue weighted by Crippen LogP contribution is 2.12. The van der Waals surface area contributed by atoms with Crippen molar-refractivity contribution in [1.82, 2.24) is 9.36 Å². The summed E-state index contributed by atoms with van der Waals surface area (Å²) in [4.78, 5) is 14.9. The van der Waals surface area contributed by atoms with Crippen LogP contribution in [0.15, 0.2) is 0 Å². The van der Waals surface area contributed by atoms with Gasteiger partial charge in [0.2, 0.25) is 11.0 Å². The molecule has 0 aliphatic carbocycles. The van der Waals surface area contributed by atoms with Gasteiger partial charge in [0, 0.05) is 11.5 Å². The molecule has 0 bridgehead atoms. The molecule has 0 aromatic carbocycles. The standard InChI is InChI=1S/C7H12N4OS/c1-3-5(6(8)12)10-7-9-4(2)11-13-7/h5H,3H2,1-2H3,(H2,8,12)(H,9,10,11). The highest BCUT2D eigenvalue weighted by molar-refractivity contribution is 7.09. The number of nitrogens with two attached hydrogens (primary N) is 1. The van der Waals surface area contributed by atoms with Crippen molar-refractivity contribution in [1.29, 1.82) is 0 Å². The first kappa shape index (κ1) is 9.91. The van der Waals surface area contributed by atoms with Crippen LogP contribution in [0.3, 0.4) is 0 Å². The third kappa shape index (κ3) is 2.66. The minimum absolute atomic E-state index is 0.354. The van der Waals surface area contributed by atoms with Crippen molar-refractivity contribution in [2.45, 2.75) is 26.3 Å². The third-order valence-electron chi connectivity index (χ3n) is 1.58.